The molecular formula is C27H33N7O3. The number of carbonyl (C=O) groups is 1. The molecule has 0 radical (unpaired) electrons. The average molecular weight is 504 g/mol. The van der Waals surface area contributed by atoms with E-state index in [0.29, 0.717) is 29.6 Å². The third-order valence-electron chi connectivity index (χ3n) is 6.77. The molecule has 10 nitrogen and oxygen atoms in total. The van der Waals surface area contributed by atoms with Gasteiger partial charge in [-0.1, -0.05) is 0 Å². The van der Waals surface area contributed by atoms with Crippen molar-refractivity contribution in [2.24, 2.45) is 10.7 Å². The monoisotopic (exact) mass is 503 g/mol. The number of hydrogen-bond acceptors (Lipinski definition) is 7. The number of anilines is 1. The maximum Gasteiger partial charge on any atom is 0.327 e. The molecule has 1 aromatic heterocycles. The van der Waals surface area contributed by atoms with E-state index in [9.17, 15) is 4.79 Å². The first kappa shape index (κ1) is 24.7. The molecule has 5 N–H and O–H groups in total. The van der Waals surface area contributed by atoms with Gasteiger partial charge in [-0.05, 0) is 49.4 Å². The van der Waals surface area contributed by atoms with Crippen LogP contribution in [0.25, 0.3) is 16.6 Å². The van der Waals surface area contributed by atoms with Crippen molar-refractivity contribution in [2.75, 3.05) is 51.3 Å². The Morgan fingerprint density at radius 2 is 2.00 bits per heavy atom. The Morgan fingerprint density at radius 1 is 1.16 bits per heavy atom. The molecule has 0 aliphatic carbocycles. The number of ether oxygens (including phenoxy) is 2. The summed E-state index contributed by atoms with van der Waals surface area (Å²) in [7, 11) is 1.61. The van der Waals surface area contributed by atoms with Crippen LogP contribution in [0.15, 0.2) is 59.9 Å². The van der Waals surface area contributed by atoms with Gasteiger partial charge in [-0.3, -0.25) is 15.1 Å². The van der Waals surface area contributed by atoms with Crippen molar-refractivity contribution >= 4 is 34.2 Å². The molecule has 2 saturated heterocycles. The van der Waals surface area contributed by atoms with Crippen LogP contribution in [0, 0.1) is 0 Å². The molecule has 37 heavy (non-hydrogen) atoms. The largest absolute Gasteiger partial charge is 0.493 e. The average Bonchev–Trinajstić information content (AvgIpc) is 3.50. The summed E-state index contributed by atoms with van der Waals surface area (Å²) < 4.78 is 11.5. The van der Waals surface area contributed by atoms with Crippen molar-refractivity contribution in [1.29, 1.82) is 0 Å². The number of amidine groups is 1. The number of amides is 2. The van der Waals surface area contributed by atoms with Gasteiger partial charge in [0, 0.05) is 61.1 Å². The summed E-state index contributed by atoms with van der Waals surface area (Å²) in [6.45, 7) is 7.46. The first-order chi connectivity index (χ1) is 18.0. The second kappa shape index (κ2) is 10.9. The maximum atomic E-state index is 12.7. The van der Waals surface area contributed by atoms with E-state index in [0.717, 1.165) is 54.9 Å². The topological polar surface area (TPSA) is 120 Å². The van der Waals surface area contributed by atoms with Gasteiger partial charge in [-0.15, -0.1) is 0 Å². The Bertz CT molecular complexity index is 1330. The fourth-order valence-electron chi connectivity index (χ4n) is 4.64. The van der Waals surface area contributed by atoms with Gasteiger partial charge >= 0.3 is 6.03 Å². The first-order valence-corrected chi connectivity index (χ1v) is 12.5. The molecule has 1 unspecified atom stereocenters. The Kier molecular flexibility index (Phi) is 7.29. The zero-order chi connectivity index (χ0) is 25.8. The van der Waals surface area contributed by atoms with Gasteiger partial charge in [0.05, 0.1) is 25.0 Å². The highest BCUT2D eigenvalue weighted by atomic mass is 16.5. The van der Waals surface area contributed by atoms with Crippen LogP contribution >= 0.6 is 0 Å². The highest BCUT2D eigenvalue weighted by Gasteiger charge is 2.34. The highest BCUT2D eigenvalue weighted by Crippen LogP contribution is 2.30. The van der Waals surface area contributed by atoms with Gasteiger partial charge in [0.2, 0.25) is 0 Å². The van der Waals surface area contributed by atoms with E-state index in [1.54, 1.807) is 18.2 Å². The number of piperazine rings is 1. The quantitative estimate of drug-likeness (QED) is 0.375. The van der Waals surface area contributed by atoms with E-state index < -0.39 is 0 Å². The van der Waals surface area contributed by atoms with Gasteiger partial charge in [-0.25, -0.2) is 9.79 Å². The van der Waals surface area contributed by atoms with Crippen molar-refractivity contribution in [1.82, 2.24) is 20.5 Å². The lowest BCUT2D eigenvalue weighted by Crippen LogP contribution is -2.44. The van der Waals surface area contributed by atoms with Crippen molar-refractivity contribution in [3.63, 3.8) is 0 Å². The van der Waals surface area contributed by atoms with Crippen LogP contribution < -0.4 is 30.7 Å². The Morgan fingerprint density at radius 3 is 2.81 bits per heavy atom. The second-order valence-electron chi connectivity index (χ2n) is 9.13. The molecule has 0 spiro atoms. The minimum atomic E-state index is -0.270. The number of nitrogens with two attached hydrogens (primary N) is 1. The number of hydrogen-bond donors (Lipinski definition) is 4. The van der Waals surface area contributed by atoms with Crippen LogP contribution in [-0.2, 0) is 0 Å². The predicted molar refractivity (Wildman–Crippen MR) is 146 cm³/mol. The minimum Gasteiger partial charge on any atom is -0.493 e. The lowest BCUT2D eigenvalue weighted by molar-refractivity contribution is 0.188. The minimum absolute atomic E-state index is 0.225. The predicted octanol–water partition coefficient (Wildman–Crippen LogP) is 2.73. The Balaban J connectivity index is 1.26. The molecule has 0 bridgehead atoms. The van der Waals surface area contributed by atoms with Gasteiger partial charge in [0.25, 0.3) is 0 Å². The molecule has 2 aromatic carbocycles. The lowest BCUT2D eigenvalue weighted by atomic mass is 10.1. The third-order valence-corrected chi connectivity index (χ3v) is 6.77. The number of rotatable bonds is 8. The molecule has 2 aliphatic rings. The van der Waals surface area contributed by atoms with Crippen LogP contribution in [0.1, 0.15) is 12.5 Å². The molecule has 0 saturated carbocycles. The molecule has 10 heteroatoms. The SMILES string of the molecule is COc1cc(/C(N)=C/N=C2/NC(=O)N(c3ccc4[nH]ccc4c3)C2C)ccc1OCCN1CCNCC1. The van der Waals surface area contributed by atoms with Crippen LogP contribution in [0.4, 0.5) is 10.5 Å². The zero-order valence-corrected chi connectivity index (χ0v) is 21.2. The van der Waals surface area contributed by atoms with Gasteiger partial charge < -0.3 is 25.5 Å². The van der Waals surface area contributed by atoms with E-state index in [2.05, 4.69) is 25.5 Å². The number of nitrogens with zero attached hydrogens (tertiary/aromatic N) is 3. The first-order valence-electron chi connectivity index (χ1n) is 12.5. The van der Waals surface area contributed by atoms with Crippen molar-refractivity contribution in [2.45, 2.75) is 13.0 Å². The molecule has 3 heterocycles. The number of fused-ring (bicyclic) bond motifs is 1. The van der Waals surface area contributed by atoms with Gasteiger partial charge in [-0.2, -0.15) is 0 Å². The van der Waals surface area contributed by atoms with Crippen molar-refractivity contribution in [3.8, 4) is 11.5 Å². The normalized spacial score (nSPS) is 20.0. The smallest absolute Gasteiger partial charge is 0.327 e. The van der Waals surface area contributed by atoms with Crippen LogP contribution in [0.2, 0.25) is 0 Å². The number of H-pyrrole nitrogens is 1. The Labute approximate surface area is 216 Å². The summed E-state index contributed by atoms with van der Waals surface area (Å²) in [6.07, 6.45) is 3.44. The summed E-state index contributed by atoms with van der Waals surface area (Å²) in [5.41, 5.74) is 9.36. The number of carbonyl (C=O) groups excluding carboxylic acids is 1. The van der Waals surface area contributed by atoms with E-state index in [1.165, 1.54) is 0 Å². The summed E-state index contributed by atoms with van der Waals surface area (Å²) >= 11 is 0. The molecule has 2 fully saturated rings. The van der Waals surface area contributed by atoms with Crippen LogP contribution in [0.5, 0.6) is 11.5 Å². The van der Waals surface area contributed by atoms with Crippen LogP contribution in [-0.4, -0.2) is 74.2 Å². The zero-order valence-electron chi connectivity index (χ0n) is 21.2. The molecule has 1 atom stereocenters. The number of nitrogens with one attached hydrogen (secondary N) is 3. The lowest BCUT2D eigenvalue weighted by Gasteiger charge is -2.27. The summed E-state index contributed by atoms with van der Waals surface area (Å²) in [6, 6.07) is 12.9. The second-order valence-corrected chi connectivity index (χ2v) is 9.13. The van der Waals surface area contributed by atoms with Crippen molar-refractivity contribution < 1.29 is 14.3 Å². The third kappa shape index (κ3) is 5.40. The fraction of sp³-hybridized carbons (Fsp3) is 0.333. The maximum absolute atomic E-state index is 12.7. The van der Waals surface area contributed by atoms with E-state index in [1.807, 2.05) is 55.6 Å². The molecule has 3 aromatic rings. The van der Waals surface area contributed by atoms with Gasteiger partial charge in [0.1, 0.15) is 12.4 Å². The highest BCUT2D eigenvalue weighted by molar-refractivity contribution is 6.16. The number of methoxy groups -OCH3 is 1. The van der Waals surface area contributed by atoms with E-state index in [-0.39, 0.29) is 12.1 Å². The van der Waals surface area contributed by atoms with Crippen molar-refractivity contribution in [3.05, 3.63) is 60.4 Å². The number of aliphatic imine (C=N–C) groups is 1. The number of aromatic nitrogens is 1. The number of urea groups is 1. The number of aromatic amines is 1. The summed E-state index contributed by atoms with van der Waals surface area (Å²) in [5, 5.41) is 7.25. The molecule has 2 aliphatic heterocycles. The van der Waals surface area contributed by atoms with E-state index in [4.69, 9.17) is 15.2 Å². The van der Waals surface area contributed by atoms with Gasteiger partial charge in [0.15, 0.2) is 11.5 Å². The molecule has 194 valence electrons. The fourth-order valence-corrected chi connectivity index (χ4v) is 4.64. The van der Waals surface area contributed by atoms with E-state index >= 15 is 0 Å². The summed E-state index contributed by atoms with van der Waals surface area (Å²) in [5.74, 6) is 1.81. The molecular weight excluding hydrogens is 470 g/mol. The molecule has 5 rings (SSSR count). The molecule has 2 amide bonds. The van der Waals surface area contributed by atoms with Crippen LogP contribution in [0.3, 0.4) is 0 Å². The Hall–Kier alpha value is -4.02. The summed E-state index contributed by atoms with van der Waals surface area (Å²) in [4.78, 5) is 24.5. The standard InChI is InChI=1S/C27H33N7O3/c1-18-26(32-27(35)34(18)21-4-5-23-20(15-21)7-8-30-23)31-17-22(28)19-3-6-24(25(16-19)36-2)37-14-13-33-11-9-29-10-12-33/h3-8,15-18,29-30H,9-14,28H2,1-2H3,(H,31,32,35)/b22-17-. The number of benzene rings is 2.